The van der Waals surface area contributed by atoms with Gasteiger partial charge in [-0.2, -0.15) is 0 Å². The number of hydrogen-bond donors (Lipinski definition) is 3. The van der Waals surface area contributed by atoms with Crippen LogP contribution in [0.5, 0.6) is 11.5 Å². The highest BCUT2D eigenvalue weighted by Crippen LogP contribution is 2.24. The fourth-order valence-electron chi connectivity index (χ4n) is 1.66. The normalized spacial score (nSPS) is 11.1. The van der Waals surface area contributed by atoms with Crippen molar-refractivity contribution in [1.82, 2.24) is 4.90 Å². The molecule has 0 heterocycles. The summed E-state index contributed by atoms with van der Waals surface area (Å²) in [6.45, 7) is 4.82. The molecule has 0 aliphatic rings. The minimum atomic E-state index is -0.837. The molecule has 1 rings (SSSR count). The summed E-state index contributed by atoms with van der Waals surface area (Å²) in [6, 6.07) is 4.61. The average Bonchev–Trinajstić information content (AvgIpc) is 2.26. The predicted molar refractivity (Wildman–Crippen MR) is 67.6 cm³/mol. The number of benzene rings is 1. The van der Waals surface area contributed by atoms with Gasteiger partial charge in [0.05, 0.1) is 6.42 Å². The first-order valence-electron chi connectivity index (χ1n) is 5.87. The highest BCUT2D eigenvalue weighted by Gasteiger charge is 2.14. The van der Waals surface area contributed by atoms with E-state index in [0.717, 1.165) is 0 Å². The lowest BCUT2D eigenvalue weighted by Gasteiger charge is -2.26. The van der Waals surface area contributed by atoms with Gasteiger partial charge in [0.25, 0.3) is 0 Å². The lowest BCUT2D eigenvalue weighted by atomic mass is 10.1. The molecule has 0 amide bonds. The van der Waals surface area contributed by atoms with E-state index in [1.165, 1.54) is 12.1 Å². The zero-order valence-electron chi connectivity index (χ0n) is 10.6. The summed E-state index contributed by atoms with van der Waals surface area (Å²) >= 11 is 0. The monoisotopic (exact) mass is 253 g/mol. The SMILES string of the molecule is CC(C)N(CCC(=O)O)Cc1ccc(O)cc1O. The van der Waals surface area contributed by atoms with Crippen LogP contribution in [-0.2, 0) is 11.3 Å². The van der Waals surface area contributed by atoms with Crippen molar-refractivity contribution in [2.45, 2.75) is 32.9 Å². The summed E-state index contributed by atoms with van der Waals surface area (Å²) < 4.78 is 0. The predicted octanol–water partition coefficient (Wildman–Crippen LogP) is 1.78. The summed E-state index contributed by atoms with van der Waals surface area (Å²) in [5.41, 5.74) is 0.673. The van der Waals surface area contributed by atoms with Crippen LogP contribution in [0.1, 0.15) is 25.8 Å². The smallest absolute Gasteiger partial charge is 0.304 e. The van der Waals surface area contributed by atoms with E-state index in [0.29, 0.717) is 18.7 Å². The molecule has 0 aliphatic carbocycles. The van der Waals surface area contributed by atoms with Crippen LogP contribution >= 0.6 is 0 Å². The Morgan fingerprint density at radius 2 is 2.00 bits per heavy atom. The second kappa shape index (κ2) is 6.26. The number of nitrogens with zero attached hydrogens (tertiary/aromatic N) is 1. The summed E-state index contributed by atoms with van der Waals surface area (Å²) in [5.74, 6) is -0.801. The van der Waals surface area contributed by atoms with Gasteiger partial charge in [-0.05, 0) is 19.9 Å². The minimum Gasteiger partial charge on any atom is -0.508 e. The minimum absolute atomic E-state index is 0.0119. The second-order valence-electron chi connectivity index (χ2n) is 4.52. The number of carboxylic acids is 1. The Morgan fingerprint density at radius 3 is 2.50 bits per heavy atom. The molecule has 5 heteroatoms. The molecule has 0 aromatic heterocycles. The average molecular weight is 253 g/mol. The Hall–Kier alpha value is -1.75. The van der Waals surface area contributed by atoms with Crippen molar-refractivity contribution in [3.05, 3.63) is 23.8 Å². The van der Waals surface area contributed by atoms with E-state index in [-0.39, 0.29) is 24.0 Å². The van der Waals surface area contributed by atoms with E-state index in [9.17, 15) is 15.0 Å². The lowest BCUT2D eigenvalue weighted by molar-refractivity contribution is -0.137. The molecular formula is C13H19NO4. The Bertz CT molecular complexity index is 417. The quantitative estimate of drug-likeness (QED) is 0.720. The highest BCUT2D eigenvalue weighted by atomic mass is 16.4. The van der Waals surface area contributed by atoms with Crippen molar-refractivity contribution in [3.63, 3.8) is 0 Å². The number of carbonyl (C=O) groups is 1. The Labute approximate surface area is 106 Å². The van der Waals surface area contributed by atoms with Gasteiger partial charge in [-0.15, -0.1) is 0 Å². The number of carboxylic acid groups (broad SMARTS) is 1. The first-order valence-corrected chi connectivity index (χ1v) is 5.87. The molecule has 0 radical (unpaired) electrons. The topological polar surface area (TPSA) is 81.0 Å². The van der Waals surface area contributed by atoms with Crippen molar-refractivity contribution < 1.29 is 20.1 Å². The van der Waals surface area contributed by atoms with Crippen LogP contribution in [0, 0.1) is 0 Å². The van der Waals surface area contributed by atoms with Crippen LogP contribution in [0.4, 0.5) is 0 Å². The van der Waals surface area contributed by atoms with Crippen molar-refractivity contribution in [1.29, 1.82) is 0 Å². The second-order valence-corrected chi connectivity index (χ2v) is 4.52. The maximum atomic E-state index is 10.6. The van der Waals surface area contributed by atoms with Crippen LogP contribution < -0.4 is 0 Å². The van der Waals surface area contributed by atoms with Gasteiger partial charge in [0.15, 0.2) is 0 Å². The first kappa shape index (κ1) is 14.3. The third-order valence-electron chi connectivity index (χ3n) is 2.79. The molecule has 5 nitrogen and oxygen atoms in total. The maximum Gasteiger partial charge on any atom is 0.304 e. The summed E-state index contributed by atoms with van der Waals surface area (Å²) in [6.07, 6.45) is 0.0665. The van der Waals surface area contributed by atoms with Crippen LogP contribution in [-0.4, -0.2) is 38.8 Å². The van der Waals surface area contributed by atoms with E-state index in [1.54, 1.807) is 6.07 Å². The Balaban J connectivity index is 2.73. The van der Waals surface area contributed by atoms with Crippen LogP contribution in [0.3, 0.4) is 0 Å². The lowest BCUT2D eigenvalue weighted by Crippen LogP contribution is -2.32. The van der Waals surface area contributed by atoms with Crippen molar-refractivity contribution in [3.8, 4) is 11.5 Å². The molecule has 1 aromatic rings. The van der Waals surface area contributed by atoms with Gasteiger partial charge in [0.1, 0.15) is 11.5 Å². The number of aromatic hydroxyl groups is 2. The van der Waals surface area contributed by atoms with E-state index in [2.05, 4.69) is 0 Å². The molecule has 100 valence electrons. The summed E-state index contributed by atoms with van der Waals surface area (Å²) in [7, 11) is 0. The van der Waals surface area contributed by atoms with E-state index >= 15 is 0 Å². The number of rotatable bonds is 6. The van der Waals surface area contributed by atoms with Crippen LogP contribution in [0.2, 0.25) is 0 Å². The van der Waals surface area contributed by atoms with Crippen molar-refractivity contribution >= 4 is 5.97 Å². The molecule has 0 unspecified atom stereocenters. The summed E-state index contributed by atoms with van der Waals surface area (Å²) in [5, 5.41) is 27.6. The highest BCUT2D eigenvalue weighted by molar-refractivity contribution is 5.66. The molecule has 0 aliphatic heterocycles. The number of phenols is 2. The van der Waals surface area contributed by atoms with Crippen molar-refractivity contribution in [2.75, 3.05) is 6.54 Å². The molecule has 0 saturated carbocycles. The van der Waals surface area contributed by atoms with Crippen molar-refractivity contribution in [2.24, 2.45) is 0 Å². The molecule has 0 atom stereocenters. The maximum absolute atomic E-state index is 10.6. The van der Waals surface area contributed by atoms with Crippen LogP contribution in [0.25, 0.3) is 0 Å². The summed E-state index contributed by atoms with van der Waals surface area (Å²) in [4.78, 5) is 12.5. The Kier molecular flexibility index (Phi) is 4.97. The van der Waals surface area contributed by atoms with Gasteiger partial charge in [0, 0.05) is 30.8 Å². The van der Waals surface area contributed by atoms with E-state index in [4.69, 9.17) is 5.11 Å². The molecule has 0 fully saturated rings. The molecule has 0 spiro atoms. The molecule has 0 saturated heterocycles. The number of hydrogen-bond acceptors (Lipinski definition) is 4. The van der Waals surface area contributed by atoms with Gasteiger partial charge in [-0.25, -0.2) is 0 Å². The first-order chi connectivity index (χ1) is 8.40. The fraction of sp³-hybridized carbons (Fsp3) is 0.462. The third kappa shape index (κ3) is 4.25. The third-order valence-corrected chi connectivity index (χ3v) is 2.79. The molecule has 3 N–H and O–H groups in total. The van der Waals surface area contributed by atoms with Gasteiger partial charge < -0.3 is 15.3 Å². The molecule has 1 aromatic carbocycles. The molecular weight excluding hydrogens is 234 g/mol. The zero-order chi connectivity index (χ0) is 13.7. The number of aliphatic carboxylic acids is 1. The van der Waals surface area contributed by atoms with Crippen LogP contribution in [0.15, 0.2) is 18.2 Å². The molecule has 18 heavy (non-hydrogen) atoms. The van der Waals surface area contributed by atoms with E-state index in [1.807, 2.05) is 18.7 Å². The van der Waals surface area contributed by atoms with Gasteiger partial charge in [-0.1, -0.05) is 6.07 Å². The van der Waals surface area contributed by atoms with Gasteiger partial charge in [-0.3, -0.25) is 9.69 Å². The Morgan fingerprint density at radius 1 is 1.33 bits per heavy atom. The largest absolute Gasteiger partial charge is 0.508 e. The van der Waals surface area contributed by atoms with E-state index < -0.39 is 5.97 Å². The molecule has 0 bridgehead atoms. The van der Waals surface area contributed by atoms with Gasteiger partial charge in [0.2, 0.25) is 0 Å². The number of phenolic OH excluding ortho intramolecular Hbond substituents is 2. The fourth-order valence-corrected chi connectivity index (χ4v) is 1.66. The standard InChI is InChI=1S/C13H19NO4/c1-9(2)14(6-5-13(17)18)8-10-3-4-11(15)7-12(10)16/h3-4,7,9,15-16H,5-6,8H2,1-2H3,(H,17,18). The van der Waals surface area contributed by atoms with Gasteiger partial charge >= 0.3 is 5.97 Å². The zero-order valence-corrected chi connectivity index (χ0v) is 10.6.